The predicted molar refractivity (Wildman–Crippen MR) is 239 cm³/mol. The highest BCUT2D eigenvalue weighted by Crippen LogP contribution is 2.20. The molecule has 0 aromatic heterocycles. The molecule has 0 N–H and O–H groups in total. The van der Waals surface area contributed by atoms with Gasteiger partial charge in [0.05, 0.1) is 37.1 Å². The number of ether oxygens (including phenoxy) is 4. The van der Waals surface area contributed by atoms with Crippen LogP contribution in [-0.2, 0) is 18.9 Å². The second-order valence-electron chi connectivity index (χ2n) is 16.9. The molecule has 0 bridgehead atoms. The van der Waals surface area contributed by atoms with Crippen LogP contribution < -0.4 is 0 Å². The lowest BCUT2D eigenvalue weighted by Gasteiger charge is -2.28. The first-order valence-electron chi connectivity index (χ1n) is 23.2. The van der Waals surface area contributed by atoms with Crippen LogP contribution in [0.3, 0.4) is 0 Å². The van der Waals surface area contributed by atoms with E-state index < -0.39 is 0 Å². The minimum Gasteiger partial charge on any atom is -0.379 e. The first kappa shape index (κ1) is 52.8. The van der Waals surface area contributed by atoms with Crippen molar-refractivity contribution in [1.29, 1.82) is 0 Å². The summed E-state index contributed by atoms with van der Waals surface area (Å²) in [4.78, 5) is 0. The van der Waals surface area contributed by atoms with Gasteiger partial charge in [-0.2, -0.15) is 0 Å². The zero-order valence-electron chi connectivity index (χ0n) is 37.5. The van der Waals surface area contributed by atoms with E-state index in [0.717, 1.165) is 25.7 Å². The molecule has 0 radical (unpaired) electrons. The summed E-state index contributed by atoms with van der Waals surface area (Å²) >= 11 is 0. The molecule has 318 valence electrons. The zero-order chi connectivity index (χ0) is 39.7. The van der Waals surface area contributed by atoms with Crippen LogP contribution in [0, 0.1) is 0 Å². The second kappa shape index (κ2) is 40.0. The average molecular weight is 759 g/mol. The fourth-order valence-corrected chi connectivity index (χ4v) is 6.47. The molecule has 4 heteroatoms. The van der Waals surface area contributed by atoms with Crippen molar-refractivity contribution in [3.63, 3.8) is 0 Å². The number of hydrogen-bond acceptors (Lipinski definition) is 4. The van der Waals surface area contributed by atoms with Crippen molar-refractivity contribution < 1.29 is 18.9 Å². The molecule has 0 saturated heterocycles. The van der Waals surface area contributed by atoms with E-state index in [1.54, 1.807) is 7.11 Å². The Labute approximate surface area is 338 Å². The molecule has 0 aromatic carbocycles. The lowest BCUT2D eigenvalue weighted by Crippen LogP contribution is -2.31. The largest absolute Gasteiger partial charge is 0.379 e. The minimum absolute atomic E-state index is 0.148. The molecule has 0 rings (SSSR count). The van der Waals surface area contributed by atoms with Crippen molar-refractivity contribution in [2.75, 3.05) is 33.5 Å². The quantitative estimate of drug-likeness (QED) is 0.0459. The third-order valence-electron chi connectivity index (χ3n) is 10.6. The average Bonchev–Trinajstić information content (AvgIpc) is 3.15. The van der Waals surface area contributed by atoms with E-state index in [0.29, 0.717) is 32.5 Å². The number of hydrogen-bond donors (Lipinski definition) is 0. The van der Waals surface area contributed by atoms with Crippen LogP contribution in [0.5, 0.6) is 0 Å². The van der Waals surface area contributed by atoms with Crippen LogP contribution in [0.15, 0.2) is 48.6 Å². The number of allylic oxidation sites excluding steroid dienone is 8. The number of unbranched alkanes of at least 4 members (excludes halogenated alkanes) is 18. The van der Waals surface area contributed by atoms with Gasteiger partial charge < -0.3 is 18.9 Å². The SMILES string of the molecule is CCCCCC=CCC=CCCCCCCCCC(CCCCCCCCC=CCC=CCCCCC)OCCOCCC(C)(C)OCCC(C)(C)OC. The van der Waals surface area contributed by atoms with Gasteiger partial charge >= 0.3 is 0 Å². The Morgan fingerprint density at radius 3 is 1.28 bits per heavy atom. The van der Waals surface area contributed by atoms with Gasteiger partial charge in [-0.15, -0.1) is 0 Å². The summed E-state index contributed by atoms with van der Waals surface area (Å²) in [6.45, 7) is 15.8. The van der Waals surface area contributed by atoms with E-state index in [1.807, 2.05) is 0 Å². The summed E-state index contributed by atoms with van der Waals surface area (Å²) in [5.41, 5.74) is -0.346. The molecule has 0 aliphatic heterocycles. The van der Waals surface area contributed by atoms with Crippen molar-refractivity contribution >= 4 is 0 Å². The van der Waals surface area contributed by atoms with Crippen molar-refractivity contribution in [2.45, 2.75) is 239 Å². The van der Waals surface area contributed by atoms with Crippen molar-refractivity contribution in [3.8, 4) is 0 Å². The molecule has 0 heterocycles. The highest BCUT2D eigenvalue weighted by atomic mass is 16.5. The summed E-state index contributed by atoms with van der Waals surface area (Å²) in [6, 6.07) is 0. The normalized spacial score (nSPS) is 13.5. The summed E-state index contributed by atoms with van der Waals surface area (Å²) in [7, 11) is 1.77. The molecular formula is C50H94O4. The van der Waals surface area contributed by atoms with Crippen LogP contribution in [0.1, 0.15) is 221 Å². The van der Waals surface area contributed by atoms with E-state index in [1.165, 1.54) is 154 Å². The smallest absolute Gasteiger partial charge is 0.0704 e. The molecular weight excluding hydrogens is 665 g/mol. The van der Waals surface area contributed by atoms with E-state index in [9.17, 15) is 0 Å². The van der Waals surface area contributed by atoms with Gasteiger partial charge in [0.2, 0.25) is 0 Å². The predicted octanol–water partition coefficient (Wildman–Crippen LogP) is 15.8. The van der Waals surface area contributed by atoms with Gasteiger partial charge in [0, 0.05) is 13.7 Å². The van der Waals surface area contributed by atoms with Crippen molar-refractivity contribution in [2.24, 2.45) is 0 Å². The van der Waals surface area contributed by atoms with Crippen molar-refractivity contribution in [1.82, 2.24) is 0 Å². The molecule has 4 nitrogen and oxygen atoms in total. The minimum atomic E-state index is -0.198. The Kier molecular flexibility index (Phi) is 39.1. The lowest BCUT2D eigenvalue weighted by atomic mass is 10.0. The first-order valence-corrected chi connectivity index (χ1v) is 23.2. The maximum Gasteiger partial charge on any atom is 0.0704 e. The Hall–Kier alpha value is -1.20. The maximum atomic E-state index is 6.44. The molecule has 0 atom stereocenters. The standard InChI is InChI=1S/C50H94O4/c1-8-10-12-14-16-18-20-22-24-26-28-30-32-34-36-38-40-48(53-47-46-52-44-42-50(5,6)54-45-43-49(3,4)51-7)41-39-37-35-33-31-29-27-25-23-21-19-17-15-13-11-9-2/h16-19,22-25,48H,8-15,20-21,26-47H2,1-7H3. The molecule has 0 aliphatic rings. The number of rotatable bonds is 42. The monoisotopic (exact) mass is 759 g/mol. The zero-order valence-corrected chi connectivity index (χ0v) is 37.5. The maximum absolute atomic E-state index is 6.44. The highest BCUT2D eigenvalue weighted by Gasteiger charge is 2.22. The van der Waals surface area contributed by atoms with Crippen LogP contribution in [-0.4, -0.2) is 50.8 Å². The summed E-state index contributed by atoms with van der Waals surface area (Å²) < 4.78 is 24.1. The van der Waals surface area contributed by atoms with Gasteiger partial charge in [-0.1, -0.05) is 152 Å². The molecule has 54 heavy (non-hydrogen) atoms. The fraction of sp³-hybridized carbons (Fsp3) is 0.840. The first-order chi connectivity index (χ1) is 26.3. The van der Waals surface area contributed by atoms with E-state index >= 15 is 0 Å². The van der Waals surface area contributed by atoms with Gasteiger partial charge in [0.25, 0.3) is 0 Å². The molecule has 0 saturated carbocycles. The molecule has 0 aliphatic carbocycles. The second-order valence-corrected chi connectivity index (χ2v) is 16.9. The van der Waals surface area contributed by atoms with Gasteiger partial charge in [0.15, 0.2) is 0 Å². The van der Waals surface area contributed by atoms with Crippen LogP contribution >= 0.6 is 0 Å². The number of methoxy groups -OCH3 is 1. The molecule has 0 amide bonds. The molecule has 0 unspecified atom stereocenters. The van der Waals surface area contributed by atoms with Crippen LogP contribution in [0.4, 0.5) is 0 Å². The fourth-order valence-electron chi connectivity index (χ4n) is 6.47. The van der Waals surface area contributed by atoms with E-state index in [2.05, 4.69) is 90.2 Å². The van der Waals surface area contributed by atoms with E-state index in [-0.39, 0.29) is 11.2 Å². The topological polar surface area (TPSA) is 36.9 Å². The summed E-state index contributed by atoms with van der Waals surface area (Å²) in [5, 5.41) is 0. The highest BCUT2D eigenvalue weighted by molar-refractivity contribution is 4.93. The van der Waals surface area contributed by atoms with Crippen LogP contribution in [0.2, 0.25) is 0 Å². The van der Waals surface area contributed by atoms with Gasteiger partial charge in [-0.05, 0) is 118 Å². The Balaban J connectivity index is 4.27. The summed E-state index contributed by atoms with van der Waals surface area (Å²) in [6.07, 6.45) is 54.5. The van der Waals surface area contributed by atoms with Gasteiger partial charge in [-0.3, -0.25) is 0 Å². The van der Waals surface area contributed by atoms with Crippen LogP contribution in [0.25, 0.3) is 0 Å². The summed E-state index contributed by atoms with van der Waals surface area (Å²) in [5.74, 6) is 0. The Morgan fingerprint density at radius 2 is 0.833 bits per heavy atom. The molecule has 0 fully saturated rings. The van der Waals surface area contributed by atoms with E-state index in [4.69, 9.17) is 18.9 Å². The molecule has 0 spiro atoms. The molecule has 0 aromatic rings. The lowest BCUT2D eigenvalue weighted by molar-refractivity contribution is -0.0734. The van der Waals surface area contributed by atoms with Crippen molar-refractivity contribution in [3.05, 3.63) is 48.6 Å². The third-order valence-corrected chi connectivity index (χ3v) is 10.6. The Bertz CT molecular complexity index is 822. The van der Waals surface area contributed by atoms with Gasteiger partial charge in [0.1, 0.15) is 0 Å². The van der Waals surface area contributed by atoms with Gasteiger partial charge in [-0.25, -0.2) is 0 Å². The third kappa shape index (κ3) is 40.5. The Morgan fingerprint density at radius 1 is 0.426 bits per heavy atom.